The molecule has 0 radical (unpaired) electrons. The number of aryl methyl sites for hydroxylation is 1. The second-order valence-electron chi connectivity index (χ2n) is 12.3. The molecular weight excluding hydrogens is 452 g/mol. The van der Waals surface area contributed by atoms with E-state index in [2.05, 4.69) is 43.1 Å². The van der Waals surface area contributed by atoms with Crippen LogP contribution in [0.1, 0.15) is 37.3 Å². The summed E-state index contributed by atoms with van der Waals surface area (Å²) in [4.78, 5) is 2.39. The van der Waals surface area contributed by atoms with Gasteiger partial charge in [-0.25, -0.2) is 0 Å². The monoisotopic (exact) mass is 491 g/mol. The molecule has 6 unspecified atom stereocenters. The summed E-state index contributed by atoms with van der Waals surface area (Å²) in [5.41, 5.74) is 3.34. The van der Waals surface area contributed by atoms with Crippen molar-refractivity contribution in [3.63, 3.8) is 0 Å². The van der Waals surface area contributed by atoms with E-state index >= 15 is 0 Å². The van der Waals surface area contributed by atoms with E-state index in [4.69, 9.17) is 4.74 Å². The number of likely N-dealkylation sites (N-methyl/N-ethyl adjacent to an activating group) is 1. The van der Waals surface area contributed by atoms with Gasteiger partial charge in [-0.3, -0.25) is 4.48 Å². The van der Waals surface area contributed by atoms with Gasteiger partial charge in [0.15, 0.2) is 6.23 Å². The summed E-state index contributed by atoms with van der Waals surface area (Å²) in [6.45, 7) is 4.87. The number of benzene rings is 2. The SMILES string of the molecule is CC[C@H]1C2C[C@H]3[C@@H]4N(C)c5ccccc5C45C[C@@H](C2C5O)[N+]3(CC(O)COc2cccc(C)c2)[C@@H]1O. The Kier molecular flexibility index (Phi) is 4.93. The standard InChI is InChI=1S/C30H39N2O4/c1-4-20-21-13-24-27-30(22-10-5-6-11-23(22)31(27)3)14-25(26(21)28(30)34)32(24,29(20)35)15-18(33)16-36-19-9-7-8-17(2)12-19/h5-12,18,20-21,24-29,33-35H,4,13-16H2,1-3H3/q+1/t18?,20-,21?,24-,25-,26?,27-,28?,29+,30?,32?/m0/s1. The van der Waals surface area contributed by atoms with Crippen molar-refractivity contribution in [3.8, 4) is 5.75 Å². The Morgan fingerprint density at radius 1 is 1.14 bits per heavy atom. The lowest BCUT2D eigenvalue weighted by atomic mass is 9.60. The highest BCUT2D eigenvalue weighted by atomic mass is 16.5. The lowest BCUT2D eigenvalue weighted by Crippen LogP contribution is -2.84. The number of aliphatic hydroxyl groups excluding tert-OH is 3. The molecule has 6 nitrogen and oxygen atoms in total. The Hall–Kier alpha value is -2.12. The minimum absolute atomic E-state index is 0.119. The minimum Gasteiger partial charge on any atom is -0.491 e. The molecule has 2 aromatic carbocycles. The summed E-state index contributed by atoms with van der Waals surface area (Å²) in [7, 11) is 2.17. The molecule has 0 aromatic heterocycles. The van der Waals surface area contributed by atoms with Crippen molar-refractivity contribution < 1.29 is 24.5 Å². The number of piperidine rings is 4. The Bertz CT molecular complexity index is 1190. The summed E-state index contributed by atoms with van der Waals surface area (Å²) in [5, 5.41) is 35.6. The molecule has 0 amide bonds. The zero-order valence-electron chi connectivity index (χ0n) is 21.5. The van der Waals surface area contributed by atoms with Crippen LogP contribution in [0.3, 0.4) is 0 Å². The van der Waals surface area contributed by atoms with Crippen LogP contribution in [0, 0.1) is 24.7 Å². The molecule has 6 aliphatic rings. The first-order valence-electron chi connectivity index (χ1n) is 13.8. The van der Waals surface area contributed by atoms with E-state index < -0.39 is 18.4 Å². The van der Waals surface area contributed by atoms with Crippen LogP contribution < -0.4 is 9.64 Å². The van der Waals surface area contributed by atoms with E-state index in [0.717, 1.165) is 30.6 Å². The van der Waals surface area contributed by atoms with Gasteiger partial charge >= 0.3 is 0 Å². The van der Waals surface area contributed by atoms with Crippen molar-refractivity contribution in [2.24, 2.45) is 17.8 Å². The third kappa shape index (κ3) is 2.61. The number of fused-ring (bicyclic) bond motifs is 2. The Labute approximate surface area is 213 Å². The molecule has 6 heteroatoms. The average molecular weight is 492 g/mol. The molecule has 3 N–H and O–H groups in total. The van der Waals surface area contributed by atoms with E-state index in [1.54, 1.807) is 0 Å². The maximum Gasteiger partial charge on any atom is 0.194 e. The van der Waals surface area contributed by atoms with Crippen molar-refractivity contribution in [2.45, 2.75) is 75.1 Å². The molecule has 1 saturated carbocycles. The van der Waals surface area contributed by atoms with Gasteiger partial charge in [0.05, 0.1) is 23.6 Å². The summed E-state index contributed by atoms with van der Waals surface area (Å²) in [6.07, 6.45) is 1.13. The fourth-order valence-corrected chi connectivity index (χ4v) is 10.1. The van der Waals surface area contributed by atoms with E-state index in [1.807, 2.05) is 31.2 Å². The maximum absolute atomic E-state index is 12.2. The van der Waals surface area contributed by atoms with Gasteiger partial charge in [0.25, 0.3) is 0 Å². The van der Waals surface area contributed by atoms with Crippen LogP contribution in [0.15, 0.2) is 48.5 Å². The molecule has 1 spiro atoms. The van der Waals surface area contributed by atoms with E-state index in [-0.39, 0.29) is 42.0 Å². The predicted molar refractivity (Wildman–Crippen MR) is 138 cm³/mol. The lowest BCUT2D eigenvalue weighted by molar-refractivity contribution is -1.04. The van der Waals surface area contributed by atoms with Gasteiger partial charge in [0, 0.05) is 37.4 Å². The molecule has 5 aliphatic heterocycles. The van der Waals surface area contributed by atoms with Gasteiger partial charge in [-0.1, -0.05) is 37.3 Å². The number of para-hydroxylation sites is 1. The number of ether oxygens (including phenoxy) is 1. The molecule has 11 atom stereocenters. The molecule has 2 aromatic rings. The predicted octanol–water partition coefficient (Wildman–Crippen LogP) is 2.82. The Balaban J connectivity index is 1.28. The fraction of sp³-hybridized carbons (Fsp3) is 0.600. The third-order valence-electron chi connectivity index (χ3n) is 11.1. The normalized spacial score (nSPS) is 44.0. The summed E-state index contributed by atoms with van der Waals surface area (Å²) < 4.78 is 6.53. The molecule has 192 valence electrons. The first kappa shape index (κ1) is 23.0. The zero-order valence-corrected chi connectivity index (χ0v) is 21.5. The van der Waals surface area contributed by atoms with Crippen LogP contribution in [0.5, 0.6) is 5.75 Å². The highest BCUT2D eigenvalue weighted by Crippen LogP contribution is 2.71. The van der Waals surface area contributed by atoms with Crippen molar-refractivity contribution in [2.75, 3.05) is 25.1 Å². The van der Waals surface area contributed by atoms with E-state index in [0.29, 0.717) is 16.9 Å². The number of aliphatic hydroxyl groups is 3. The molecule has 4 saturated heterocycles. The third-order valence-corrected chi connectivity index (χ3v) is 11.1. The van der Waals surface area contributed by atoms with E-state index in [9.17, 15) is 15.3 Å². The second-order valence-corrected chi connectivity index (χ2v) is 12.3. The number of rotatable bonds is 6. The van der Waals surface area contributed by atoms with Gasteiger partial charge < -0.3 is 25.0 Å². The van der Waals surface area contributed by atoms with E-state index in [1.165, 1.54) is 11.3 Å². The van der Waals surface area contributed by atoms with Crippen LogP contribution in [0.2, 0.25) is 0 Å². The molecule has 5 bridgehead atoms. The Morgan fingerprint density at radius 2 is 1.94 bits per heavy atom. The van der Waals surface area contributed by atoms with Gasteiger partial charge in [-0.15, -0.1) is 0 Å². The van der Waals surface area contributed by atoms with Gasteiger partial charge in [0.1, 0.15) is 31.0 Å². The number of nitrogens with zero attached hydrogens (tertiary/aromatic N) is 2. The first-order chi connectivity index (χ1) is 17.3. The van der Waals surface area contributed by atoms with Crippen LogP contribution >= 0.6 is 0 Å². The number of quaternary nitrogens is 1. The largest absolute Gasteiger partial charge is 0.491 e. The Morgan fingerprint density at radius 3 is 2.72 bits per heavy atom. The number of hydrogen-bond donors (Lipinski definition) is 3. The van der Waals surface area contributed by atoms with Crippen LogP contribution in [0.4, 0.5) is 5.69 Å². The molecule has 5 fully saturated rings. The van der Waals surface area contributed by atoms with Crippen LogP contribution in [-0.2, 0) is 5.41 Å². The quantitative estimate of drug-likeness (QED) is 0.542. The molecular formula is C30H39N2O4+. The van der Waals surface area contributed by atoms with Gasteiger partial charge in [0.2, 0.25) is 0 Å². The first-order valence-corrected chi connectivity index (χ1v) is 13.8. The lowest BCUT2D eigenvalue weighted by Gasteiger charge is -2.68. The molecule has 1 aliphatic carbocycles. The van der Waals surface area contributed by atoms with Crippen molar-refractivity contribution in [3.05, 3.63) is 59.7 Å². The fourth-order valence-electron chi connectivity index (χ4n) is 10.1. The van der Waals surface area contributed by atoms with Gasteiger partial charge in [-0.2, -0.15) is 0 Å². The summed E-state index contributed by atoms with van der Waals surface area (Å²) in [6, 6.07) is 17.0. The van der Waals surface area contributed by atoms with Crippen LogP contribution in [0.25, 0.3) is 0 Å². The van der Waals surface area contributed by atoms with Crippen LogP contribution in [-0.4, -0.2) is 76.6 Å². The topological polar surface area (TPSA) is 73.2 Å². The number of hydrogen-bond acceptors (Lipinski definition) is 5. The summed E-state index contributed by atoms with van der Waals surface area (Å²) in [5.74, 6) is 1.41. The molecule has 8 rings (SSSR count). The maximum atomic E-state index is 12.2. The van der Waals surface area contributed by atoms with Gasteiger partial charge in [-0.05, 0) is 48.6 Å². The highest BCUT2D eigenvalue weighted by molar-refractivity contribution is 5.66. The van der Waals surface area contributed by atoms with Crippen molar-refractivity contribution in [1.29, 1.82) is 0 Å². The van der Waals surface area contributed by atoms with Crippen molar-refractivity contribution in [1.82, 2.24) is 0 Å². The number of anilines is 1. The van der Waals surface area contributed by atoms with Crippen molar-refractivity contribution >= 4 is 5.69 Å². The minimum atomic E-state index is -0.699. The average Bonchev–Trinajstić information content (AvgIpc) is 3.26. The molecule has 5 heterocycles. The highest BCUT2D eigenvalue weighted by Gasteiger charge is 2.83. The summed E-state index contributed by atoms with van der Waals surface area (Å²) >= 11 is 0. The smallest absolute Gasteiger partial charge is 0.194 e. The molecule has 36 heavy (non-hydrogen) atoms. The second kappa shape index (κ2) is 7.70. The zero-order chi connectivity index (χ0) is 25.0.